The number of rotatable bonds is 7. The molecule has 7 nitrogen and oxygen atoms in total. The van der Waals surface area contributed by atoms with Gasteiger partial charge in [-0.05, 0) is 83.1 Å². The fourth-order valence-corrected chi connectivity index (χ4v) is 4.20. The molecule has 0 radical (unpaired) electrons. The molecule has 0 spiro atoms. The second kappa shape index (κ2) is 10.4. The Labute approximate surface area is 210 Å². The van der Waals surface area contributed by atoms with E-state index in [1.165, 1.54) is 7.11 Å². The number of nitrogens with zero attached hydrogens (tertiary/aromatic N) is 2. The van der Waals surface area contributed by atoms with Crippen LogP contribution in [0.3, 0.4) is 0 Å². The van der Waals surface area contributed by atoms with E-state index in [1.807, 2.05) is 61.5 Å². The van der Waals surface area contributed by atoms with Crippen molar-refractivity contribution in [1.29, 1.82) is 5.26 Å². The Morgan fingerprint density at radius 1 is 1.21 bits per heavy atom. The van der Waals surface area contributed by atoms with Gasteiger partial charge in [-0.1, -0.05) is 24.3 Å². The summed E-state index contributed by atoms with van der Waals surface area (Å²) in [5, 5.41) is 12.5. The van der Waals surface area contributed by atoms with Gasteiger partial charge in [0.15, 0.2) is 18.1 Å². The van der Waals surface area contributed by atoms with Crippen LogP contribution in [0.15, 0.2) is 60.7 Å². The molecule has 0 aliphatic carbocycles. The summed E-state index contributed by atoms with van der Waals surface area (Å²) in [4.78, 5) is 20.0. The van der Waals surface area contributed by atoms with Crippen LogP contribution in [0.1, 0.15) is 17.0 Å². The Hall–Kier alpha value is -3.84. The fraction of sp³-hybridized carbons (Fsp3) is 0.115. The number of carbonyl (C=O) groups is 1. The number of para-hydroxylation sites is 2. The molecule has 3 aromatic carbocycles. The number of ether oxygens (including phenoxy) is 2. The van der Waals surface area contributed by atoms with Gasteiger partial charge in [-0.25, -0.2) is 4.98 Å². The molecule has 4 aromatic rings. The van der Waals surface area contributed by atoms with Gasteiger partial charge in [0.1, 0.15) is 11.9 Å². The van der Waals surface area contributed by atoms with E-state index in [-0.39, 0.29) is 12.5 Å². The van der Waals surface area contributed by atoms with E-state index in [4.69, 9.17) is 9.47 Å². The SMILES string of the molecule is COc1cc(/C=C(\C#N)c2nc3ccccc3[nH]2)cc(I)c1OCC(=O)Nc1cccc(C)c1. The number of benzene rings is 3. The molecule has 0 atom stereocenters. The number of methoxy groups -OCH3 is 1. The maximum absolute atomic E-state index is 12.4. The van der Waals surface area contributed by atoms with Gasteiger partial charge < -0.3 is 19.8 Å². The molecule has 0 saturated carbocycles. The Morgan fingerprint density at radius 3 is 2.76 bits per heavy atom. The van der Waals surface area contributed by atoms with Crippen molar-refractivity contribution in [2.45, 2.75) is 6.92 Å². The number of hydrogen-bond donors (Lipinski definition) is 2. The third-order valence-corrected chi connectivity index (χ3v) is 5.78. The summed E-state index contributed by atoms with van der Waals surface area (Å²) in [5.41, 5.74) is 4.55. The molecular formula is C26H21IN4O3. The summed E-state index contributed by atoms with van der Waals surface area (Å²) in [7, 11) is 1.53. The number of halogens is 1. The molecule has 0 fully saturated rings. The number of imidazole rings is 1. The standard InChI is InChI=1S/C26H21IN4O3/c1-16-6-5-7-19(10-16)29-24(32)15-34-25-20(27)12-17(13-23(25)33-2)11-18(14-28)26-30-21-8-3-4-9-22(21)31-26/h3-13H,15H2,1-2H3,(H,29,32)(H,30,31)/b18-11+. The van der Waals surface area contributed by atoms with Gasteiger partial charge in [0.25, 0.3) is 5.91 Å². The smallest absolute Gasteiger partial charge is 0.262 e. The number of aromatic amines is 1. The van der Waals surface area contributed by atoms with Crippen LogP contribution in [0.2, 0.25) is 0 Å². The number of hydrogen-bond acceptors (Lipinski definition) is 5. The van der Waals surface area contributed by atoms with Crippen LogP contribution in [-0.2, 0) is 4.79 Å². The van der Waals surface area contributed by atoms with Crippen LogP contribution in [0.4, 0.5) is 5.69 Å². The zero-order chi connectivity index (χ0) is 24.1. The Bertz CT molecular complexity index is 1400. The zero-order valence-corrected chi connectivity index (χ0v) is 20.7. The van der Waals surface area contributed by atoms with Crippen molar-refractivity contribution >= 4 is 56.9 Å². The highest BCUT2D eigenvalue weighted by molar-refractivity contribution is 14.1. The molecule has 34 heavy (non-hydrogen) atoms. The molecule has 2 N–H and O–H groups in total. The molecule has 8 heteroatoms. The number of nitrogens with one attached hydrogen (secondary N) is 2. The topological polar surface area (TPSA) is 100 Å². The Morgan fingerprint density at radius 2 is 2.03 bits per heavy atom. The average Bonchev–Trinajstić information content (AvgIpc) is 3.25. The molecule has 0 aliphatic heterocycles. The lowest BCUT2D eigenvalue weighted by Crippen LogP contribution is -2.20. The van der Waals surface area contributed by atoms with E-state index < -0.39 is 0 Å². The first-order valence-corrected chi connectivity index (χ1v) is 11.5. The maximum atomic E-state index is 12.4. The lowest BCUT2D eigenvalue weighted by Gasteiger charge is -2.14. The summed E-state index contributed by atoms with van der Waals surface area (Å²) >= 11 is 2.12. The summed E-state index contributed by atoms with van der Waals surface area (Å²) in [5.74, 6) is 1.14. The highest BCUT2D eigenvalue weighted by Crippen LogP contribution is 2.35. The predicted molar refractivity (Wildman–Crippen MR) is 141 cm³/mol. The summed E-state index contributed by atoms with van der Waals surface area (Å²) in [6, 6.07) is 21.0. The van der Waals surface area contributed by atoms with E-state index in [9.17, 15) is 10.1 Å². The fourth-order valence-electron chi connectivity index (χ4n) is 3.42. The number of carbonyl (C=O) groups excluding carboxylic acids is 1. The van der Waals surface area contributed by atoms with Gasteiger partial charge in [0.2, 0.25) is 0 Å². The molecule has 0 saturated heterocycles. The molecule has 4 rings (SSSR count). The van der Waals surface area contributed by atoms with Crippen molar-refractivity contribution in [3.05, 3.63) is 81.2 Å². The first-order chi connectivity index (χ1) is 16.5. The lowest BCUT2D eigenvalue weighted by atomic mass is 10.1. The van der Waals surface area contributed by atoms with Crippen molar-refractivity contribution in [2.75, 3.05) is 19.0 Å². The van der Waals surface area contributed by atoms with Crippen LogP contribution >= 0.6 is 22.6 Å². The van der Waals surface area contributed by atoms with Crippen LogP contribution in [0.5, 0.6) is 11.5 Å². The molecular weight excluding hydrogens is 543 g/mol. The van der Waals surface area contributed by atoms with E-state index >= 15 is 0 Å². The number of fused-ring (bicyclic) bond motifs is 1. The van der Waals surface area contributed by atoms with Crippen molar-refractivity contribution in [1.82, 2.24) is 9.97 Å². The monoisotopic (exact) mass is 564 g/mol. The number of allylic oxidation sites excluding steroid dienone is 1. The summed E-state index contributed by atoms with van der Waals surface area (Å²) < 4.78 is 12.0. The van der Waals surface area contributed by atoms with E-state index in [1.54, 1.807) is 12.1 Å². The molecule has 170 valence electrons. The highest BCUT2D eigenvalue weighted by Gasteiger charge is 2.15. The van der Waals surface area contributed by atoms with Crippen molar-refractivity contribution in [3.8, 4) is 17.6 Å². The third kappa shape index (κ3) is 5.38. The van der Waals surface area contributed by atoms with Crippen LogP contribution in [0.25, 0.3) is 22.7 Å². The van der Waals surface area contributed by atoms with Gasteiger partial charge in [-0.2, -0.15) is 5.26 Å². The lowest BCUT2D eigenvalue weighted by molar-refractivity contribution is -0.118. The van der Waals surface area contributed by atoms with Crippen LogP contribution in [-0.4, -0.2) is 29.6 Å². The van der Waals surface area contributed by atoms with Gasteiger partial charge in [-0.3, -0.25) is 4.79 Å². The maximum Gasteiger partial charge on any atom is 0.262 e. The van der Waals surface area contributed by atoms with Crippen molar-refractivity contribution in [2.24, 2.45) is 0 Å². The first kappa shape index (κ1) is 23.3. The van der Waals surface area contributed by atoms with Crippen LogP contribution in [0, 0.1) is 21.8 Å². The second-order valence-electron chi connectivity index (χ2n) is 7.51. The quantitative estimate of drug-likeness (QED) is 0.226. The van der Waals surface area contributed by atoms with Crippen LogP contribution < -0.4 is 14.8 Å². The second-order valence-corrected chi connectivity index (χ2v) is 8.68. The Kier molecular flexibility index (Phi) is 7.13. The molecule has 0 unspecified atom stereocenters. The number of aromatic nitrogens is 2. The predicted octanol–water partition coefficient (Wildman–Crippen LogP) is 5.57. The Balaban J connectivity index is 1.54. The molecule has 1 heterocycles. The molecule has 0 aliphatic rings. The number of amides is 1. The minimum atomic E-state index is -0.274. The zero-order valence-electron chi connectivity index (χ0n) is 18.6. The van der Waals surface area contributed by atoms with Crippen molar-refractivity contribution < 1.29 is 14.3 Å². The van der Waals surface area contributed by atoms with Gasteiger partial charge in [0, 0.05) is 5.69 Å². The van der Waals surface area contributed by atoms with E-state index in [0.717, 1.165) is 25.7 Å². The van der Waals surface area contributed by atoms with E-state index in [0.29, 0.717) is 28.6 Å². The summed E-state index contributed by atoms with van der Waals surface area (Å²) in [6.07, 6.45) is 1.73. The number of H-pyrrole nitrogens is 1. The minimum Gasteiger partial charge on any atom is -0.493 e. The first-order valence-electron chi connectivity index (χ1n) is 10.4. The normalized spacial score (nSPS) is 11.2. The summed E-state index contributed by atoms with van der Waals surface area (Å²) in [6.45, 7) is 1.79. The van der Waals surface area contributed by atoms with Gasteiger partial charge >= 0.3 is 0 Å². The molecule has 0 bridgehead atoms. The number of nitriles is 1. The van der Waals surface area contributed by atoms with Gasteiger partial charge in [0.05, 0.1) is 27.3 Å². The number of anilines is 1. The van der Waals surface area contributed by atoms with Crippen molar-refractivity contribution in [3.63, 3.8) is 0 Å². The molecule has 1 aromatic heterocycles. The van der Waals surface area contributed by atoms with E-state index in [2.05, 4.69) is 43.9 Å². The number of aryl methyl sites for hydroxylation is 1. The average molecular weight is 564 g/mol. The molecule has 1 amide bonds. The van der Waals surface area contributed by atoms with Gasteiger partial charge in [-0.15, -0.1) is 0 Å². The largest absolute Gasteiger partial charge is 0.493 e. The third-order valence-electron chi connectivity index (χ3n) is 4.98. The minimum absolute atomic E-state index is 0.169. The highest BCUT2D eigenvalue weighted by atomic mass is 127.